The van der Waals surface area contributed by atoms with Gasteiger partial charge in [-0.1, -0.05) is 32.4 Å². The van der Waals surface area contributed by atoms with Gasteiger partial charge in [-0.2, -0.15) is 0 Å². The minimum Gasteiger partial charge on any atom is -0.381 e. The zero-order chi connectivity index (χ0) is 11.2. The lowest BCUT2D eigenvalue weighted by molar-refractivity contribution is 0.120. The molecule has 3 heteroatoms. The third-order valence-electron chi connectivity index (χ3n) is 1.25. The number of halogens is 1. The van der Waals surface area contributed by atoms with Crippen LogP contribution in [0.1, 0.15) is 47.0 Å². The van der Waals surface area contributed by atoms with Gasteiger partial charge in [0, 0.05) is 19.8 Å². The van der Waals surface area contributed by atoms with E-state index >= 15 is 0 Å². The summed E-state index contributed by atoms with van der Waals surface area (Å²) >= 11 is 5.43. The standard InChI is InChI=1S/C6H14O.C5H11ClO/c1-3-5-7-6-4-2;1-3-4-7-5(2)6/h3-6H2,1-2H3;5H,3-4H2,1-2H3. The molecule has 0 aliphatic heterocycles. The summed E-state index contributed by atoms with van der Waals surface area (Å²) in [6.07, 6.45) is 3.32. The molecule has 88 valence electrons. The lowest BCUT2D eigenvalue weighted by Gasteiger charge is -2.00. The SMILES string of the molecule is CCCOC(C)Cl.CCCOCCC. The average molecular weight is 225 g/mol. The van der Waals surface area contributed by atoms with Crippen LogP contribution in [0.5, 0.6) is 0 Å². The fourth-order valence-corrected chi connectivity index (χ4v) is 0.760. The van der Waals surface area contributed by atoms with E-state index in [9.17, 15) is 0 Å². The molecule has 0 fully saturated rings. The molecule has 0 aliphatic carbocycles. The van der Waals surface area contributed by atoms with Crippen molar-refractivity contribution in [3.63, 3.8) is 0 Å². The van der Waals surface area contributed by atoms with Crippen LogP contribution in [0.2, 0.25) is 0 Å². The number of hydrogen-bond donors (Lipinski definition) is 0. The molecular weight excluding hydrogens is 200 g/mol. The second-order valence-electron chi connectivity index (χ2n) is 3.03. The lowest BCUT2D eigenvalue weighted by Crippen LogP contribution is -1.98. The van der Waals surface area contributed by atoms with Gasteiger partial charge in [0.25, 0.3) is 0 Å². The minimum absolute atomic E-state index is 0.125. The Labute approximate surface area is 93.9 Å². The van der Waals surface area contributed by atoms with Gasteiger partial charge in [-0.15, -0.1) is 0 Å². The van der Waals surface area contributed by atoms with Crippen LogP contribution in [0.4, 0.5) is 0 Å². The van der Waals surface area contributed by atoms with Gasteiger partial charge in [-0.25, -0.2) is 0 Å². The fraction of sp³-hybridized carbons (Fsp3) is 1.00. The highest BCUT2D eigenvalue weighted by Gasteiger charge is 1.89. The van der Waals surface area contributed by atoms with Crippen molar-refractivity contribution in [2.24, 2.45) is 0 Å². The molecule has 0 aliphatic rings. The molecule has 0 heterocycles. The summed E-state index contributed by atoms with van der Waals surface area (Å²) in [7, 11) is 0. The monoisotopic (exact) mass is 224 g/mol. The van der Waals surface area contributed by atoms with Crippen molar-refractivity contribution in [2.75, 3.05) is 19.8 Å². The van der Waals surface area contributed by atoms with Crippen molar-refractivity contribution < 1.29 is 9.47 Å². The Morgan fingerprint density at radius 1 is 0.929 bits per heavy atom. The van der Waals surface area contributed by atoms with Crippen LogP contribution < -0.4 is 0 Å². The molecular formula is C11H25ClO2. The van der Waals surface area contributed by atoms with E-state index in [2.05, 4.69) is 20.8 Å². The fourth-order valence-electron chi connectivity index (χ4n) is 0.671. The molecule has 0 saturated heterocycles. The van der Waals surface area contributed by atoms with E-state index < -0.39 is 0 Å². The van der Waals surface area contributed by atoms with E-state index in [0.717, 1.165) is 39.1 Å². The van der Waals surface area contributed by atoms with Gasteiger partial charge in [-0.05, 0) is 26.2 Å². The predicted octanol–water partition coefficient (Wildman–Crippen LogP) is 3.82. The van der Waals surface area contributed by atoms with E-state index in [1.807, 2.05) is 6.92 Å². The summed E-state index contributed by atoms with van der Waals surface area (Å²) in [5.41, 5.74) is -0.125. The highest BCUT2D eigenvalue weighted by Crippen LogP contribution is 1.95. The number of rotatable bonds is 7. The molecule has 0 saturated carbocycles. The van der Waals surface area contributed by atoms with E-state index in [1.54, 1.807) is 0 Å². The van der Waals surface area contributed by atoms with Crippen molar-refractivity contribution in [2.45, 2.75) is 52.5 Å². The Hall–Kier alpha value is 0.210. The molecule has 0 aromatic carbocycles. The van der Waals surface area contributed by atoms with E-state index in [0.29, 0.717) is 0 Å². The highest BCUT2D eigenvalue weighted by molar-refractivity contribution is 6.19. The third kappa shape index (κ3) is 22.8. The van der Waals surface area contributed by atoms with Crippen molar-refractivity contribution in [3.05, 3.63) is 0 Å². The predicted molar refractivity (Wildman–Crippen MR) is 63.0 cm³/mol. The van der Waals surface area contributed by atoms with Gasteiger partial charge in [-0.3, -0.25) is 0 Å². The molecule has 0 aromatic heterocycles. The topological polar surface area (TPSA) is 18.5 Å². The second kappa shape index (κ2) is 15.7. The van der Waals surface area contributed by atoms with Crippen molar-refractivity contribution in [1.29, 1.82) is 0 Å². The van der Waals surface area contributed by atoms with E-state index in [4.69, 9.17) is 21.1 Å². The van der Waals surface area contributed by atoms with Gasteiger partial charge in [0.2, 0.25) is 0 Å². The second-order valence-corrected chi connectivity index (χ2v) is 3.64. The summed E-state index contributed by atoms with van der Waals surface area (Å²) in [5, 5.41) is 0. The number of ether oxygens (including phenoxy) is 2. The van der Waals surface area contributed by atoms with Crippen molar-refractivity contribution in [1.82, 2.24) is 0 Å². The Balaban J connectivity index is 0. The van der Waals surface area contributed by atoms with Gasteiger partial charge >= 0.3 is 0 Å². The van der Waals surface area contributed by atoms with Crippen LogP contribution in [0, 0.1) is 0 Å². The zero-order valence-electron chi connectivity index (χ0n) is 10.0. The molecule has 0 amide bonds. The van der Waals surface area contributed by atoms with Crippen molar-refractivity contribution >= 4 is 11.6 Å². The maximum atomic E-state index is 5.43. The van der Waals surface area contributed by atoms with Crippen LogP contribution in [-0.4, -0.2) is 25.4 Å². The smallest absolute Gasteiger partial charge is 0.128 e. The van der Waals surface area contributed by atoms with Gasteiger partial charge < -0.3 is 9.47 Å². The summed E-state index contributed by atoms with van der Waals surface area (Å²) in [6.45, 7) is 10.7. The number of alkyl halides is 1. The third-order valence-corrected chi connectivity index (χ3v) is 1.37. The largest absolute Gasteiger partial charge is 0.381 e. The Morgan fingerprint density at radius 2 is 1.36 bits per heavy atom. The highest BCUT2D eigenvalue weighted by atomic mass is 35.5. The molecule has 0 N–H and O–H groups in total. The van der Waals surface area contributed by atoms with Crippen LogP contribution in [-0.2, 0) is 9.47 Å². The summed E-state index contributed by atoms with van der Waals surface area (Å²) in [6, 6.07) is 0. The van der Waals surface area contributed by atoms with Crippen LogP contribution >= 0.6 is 11.6 Å². The molecule has 2 nitrogen and oxygen atoms in total. The zero-order valence-corrected chi connectivity index (χ0v) is 10.8. The van der Waals surface area contributed by atoms with Gasteiger partial charge in [0.1, 0.15) is 5.56 Å². The molecule has 0 radical (unpaired) electrons. The molecule has 0 rings (SSSR count). The van der Waals surface area contributed by atoms with Gasteiger partial charge in [0.15, 0.2) is 0 Å². The molecule has 1 atom stereocenters. The molecule has 0 aromatic rings. The normalized spacial score (nSPS) is 11.8. The summed E-state index contributed by atoms with van der Waals surface area (Å²) in [4.78, 5) is 0. The number of hydrogen-bond acceptors (Lipinski definition) is 2. The Morgan fingerprint density at radius 3 is 1.57 bits per heavy atom. The maximum absolute atomic E-state index is 5.43. The first-order valence-electron chi connectivity index (χ1n) is 5.52. The van der Waals surface area contributed by atoms with Crippen LogP contribution in [0.15, 0.2) is 0 Å². The Bertz CT molecular complexity index is 83.4. The summed E-state index contributed by atoms with van der Waals surface area (Å²) in [5.74, 6) is 0. The van der Waals surface area contributed by atoms with Crippen LogP contribution in [0.3, 0.4) is 0 Å². The van der Waals surface area contributed by atoms with Crippen molar-refractivity contribution in [3.8, 4) is 0 Å². The Kier molecular flexibility index (Phi) is 18.6. The molecule has 1 unspecified atom stereocenters. The summed E-state index contributed by atoms with van der Waals surface area (Å²) < 4.78 is 10.1. The van der Waals surface area contributed by atoms with Crippen LogP contribution in [0.25, 0.3) is 0 Å². The first kappa shape index (κ1) is 16.6. The average Bonchev–Trinajstić information content (AvgIpc) is 2.16. The molecule has 0 spiro atoms. The van der Waals surface area contributed by atoms with E-state index in [-0.39, 0.29) is 5.56 Å². The first-order valence-corrected chi connectivity index (χ1v) is 5.96. The van der Waals surface area contributed by atoms with Gasteiger partial charge in [0.05, 0.1) is 0 Å². The van der Waals surface area contributed by atoms with E-state index in [1.165, 1.54) is 0 Å². The lowest BCUT2D eigenvalue weighted by atomic mass is 10.5. The molecule has 14 heavy (non-hydrogen) atoms. The quantitative estimate of drug-likeness (QED) is 0.484. The first-order chi connectivity index (χ1) is 6.68. The maximum Gasteiger partial charge on any atom is 0.128 e. The molecule has 0 bridgehead atoms. The minimum atomic E-state index is -0.125.